The number of aromatic nitrogens is 2. The van der Waals surface area contributed by atoms with Gasteiger partial charge in [-0.1, -0.05) is 5.16 Å². The maximum atomic E-state index is 12.4. The number of rotatable bonds is 4. The van der Waals surface area contributed by atoms with E-state index in [1.54, 1.807) is 17.0 Å². The van der Waals surface area contributed by atoms with Crippen LogP contribution >= 0.6 is 0 Å². The molecule has 4 rings (SSSR count). The Morgan fingerprint density at radius 3 is 2.56 bits per heavy atom. The number of ether oxygens (including phenoxy) is 1. The van der Waals surface area contributed by atoms with Gasteiger partial charge < -0.3 is 18.6 Å². The van der Waals surface area contributed by atoms with Gasteiger partial charge in [-0.25, -0.2) is 0 Å². The molecule has 3 heterocycles. The van der Waals surface area contributed by atoms with Crippen LogP contribution in [-0.4, -0.2) is 40.4 Å². The first kappa shape index (κ1) is 17.1. The Morgan fingerprint density at radius 1 is 1.19 bits per heavy atom. The smallest absolute Gasteiger partial charge is 0.461 e. The number of carbonyl (C=O) groups is 1. The van der Waals surface area contributed by atoms with E-state index in [0.29, 0.717) is 30.6 Å². The molecule has 10 heteroatoms. The molecule has 0 unspecified atom stereocenters. The highest BCUT2D eigenvalue weighted by atomic mass is 19.4. The molecule has 1 saturated heterocycles. The number of furan rings is 1. The molecule has 1 aliphatic rings. The summed E-state index contributed by atoms with van der Waals surface area (Å²) in [5.41, 5.74) is 0.268. The highest BCUT2D eigenvalue weighted by Crippen LogP contribution is 2.29. The summed E-state index contributed by atoms with van der Waals surface area (Å²) in [5.74, 6) is 0.447. The van der Waals surface area contributed by atoms with Gasteiger partial charge in [0.25, 0.3) is 5.91 Å². The van der Waals surface area contributed by atoms with E-state index in [0.717, 1.165) is 12.1 Å². The van der Waals surface area contributed by atoms with Gasteiger partial charge in [-0.2, -0.15) is 4.98 Å². The molecule has 7 nitrogen and oxygen atoms in total. The van der Waals surface area contributed by atoms with Crippen LogP contribution in [0.2, 0.25) is 0 Å². The van der Waals surface area contributed by atoms with Gasteiger partial charge in [-0.3, -0.25) is 4.79 Å². The zero-order chi connectivity index (χ0) is 19.0. The number of benzene rings is 1. The SMILES string of the molecule is O=C(c1ccc(OC(F)(F)F)cc1)N1CC(c2nc(-c3ccco3)no2)C1. The second kappa shape index (κ2) is 6.45. The summed E-state index contributed by atoms with van der Waals surface area (Å²) in [4.78, 5) is 18.2. The lowest BCUT2D eigenvalue weighted by Gasteiger charge is -2.37. The average molecular weight is 379 g/mol. The third kappa shape index (κ3) is 3.64. The first-order valence-corrected chi connectivity index (χ1v) is 7.91. The molecule has 1 amide bonds. The van der Waals surface area contributed by atoms with Crippen LogP contribution in [0.25, 0.3) is 11.6 Å². The Morgan fingerprint density at radius 2 is 1.93 bits per heavy atom. The summed E-state index contributed by atoms with van der Waals surface area (Å²) in [6, 6.07) is 8.20. The van der Waals surface area contributed by atoms with Crippen molar-refractivity contribution in [2.75, 3.05) is 13.1 Å². The Balaban J connectivity index is 1.36. The van der Waals surface area contributed by atoms with Crippen LogP contribution in [-0.2, 0) is 0 Å². The number of likely N-dealkylation sites (tertiary alicyclic amines) is 1. The first-order valence-electron chi connectivity index (χ1n) is 7.91. The van der Waals surface area contributed by atoms with E-state index in [4.69, 9.17) is 8.94 Å². The van der Waals surface area contributed by atoms with E-state index in [9.17, 15) is 18.0 Å². The van der Waals surface area contributed by atoms with Crippen molar-refractivity contribution in [2.24, 2.45) is 0 Å². The molecule has 2 aromatic heterocycles. The number of nitrogens with zero attached hydrogens (tertiary/aromatic N) is 3. The zero-order valence-electron chi connectivity index (χ0n) is 13.6. The Labute approximate surface area is 150 Å². The highest BCUT2D eigenvalue weighted by molar-refractivity contribution is 5.95. The standard InChI is InChI=1S/C17H12F3N3O4/c18-17(19,20)26-12-5-3-10(4-6-12)16(24)23-8-11(9-23)15-21-14(22-27-15)13-2-1-7-25-13/h1-7,11H,8-9H2. The molecule has 0 spiro atoms. The van der Waals surface area contributed by atoms with E-state index in [2.05, 4.69) is 14.9 Å². The van der Waals surface area contributed by atoms with Crippen LogP contribution in [0.4, 0.5) is 13.2 Å². The molecule has 0 atom stereocenters. The molecule has 0 radical (unpaired) electrons. The minimum Gasteiger partial charge on any atom is -0.461 e. The van der Waals surface area contributed by atoms with Gasteiger partial charge in [-0.05, 0) is 36.4 Å². The number of carbonyl (C=O) groups excluding carboxylic acids is 1. The largest absolute Gasteiger partial charge is 0.573 e. The highest BCUT2D eigenvalue weighted by Gasteiger charge is 2.36. The summed E-state index contributed by atoms with van der Waals surface area (Å²) in [7, 11) is 0. The monoisotopic (exact) mass is 379 g/mol. The molecule has 0 saturated carbocycles. The molecule has 0 bridgehead atoms. The molecular weight excluding hydrogens is 367 g/mol. The summed E-state index contributed by atoms with van der Waals surface area (Å²) in [6.07, 6.45) is -3.27. The first-order chi connectivity index (χ1) is 12.9. The fourth-order valence-electron chi connectivity index (χ4n) is 2.69. The Hall–Kier alpha value is -3.30. The minimum absolute atomic E-state index is 0.0991. The van der Waals surface area contributed by atoms with Crippen molar-refractivity contribution in [3.05, 3.63) is 54.1 Å². The maximum Gasteiger partial charge on any atom is 0.573 e. The Bertz CT molecular complexity index is 929. The van der Waals surface area contributed by atoms with E-state index >= 15 is 0 Å². The third-order valence-electron chi connectivity index (χ3n) is 4.04. The van der Waals surface area contributed by atoms with Crippen molar-refractivity contribution in [3.8, 4) is 17.3 Å². The van der Waals surface area contributed by atoms with Gasteiger partial charge in [0.2, 0.25) is 11.7 Å². The average Bonchev–Trinajstić information content (AvgIpc) is 3.24. The Kier molecular flexibility index (Phi) is 4.09. The molecule has 3 aromatic rings. The van der Waals surface area contributed by atoms with Crippen molar-refractivity contribution in [3.63, 3.8) is 0 Å². The summed E-state index contributed by atoms with van der Waals surface area (Å²) in [6.45, 7) is 0.749. The fourth-order valence-corrected chi connectivity index (χ4v) is 2.69. The summed E-state index contributed by atoms with van der Waals surface area (Å²) >= 11 is 0. The fraction of sp³-hybridized carbons (Fsp3) is 0.235. The van der Waals surface area contributed by atoms with Gasteiger partial charge >= 0.3 is 6.36 Å². The third-order valence-corrected chi connectivity index (χ3v) is 4.04. The van der Waals surface area contributed by atoms with Gasteiger partial charge in [0.1, 0.15) is 5.75 Å². The van der Waals surface area contributed by atoms with Crippen molar-refractivity contribution >= 4 is 5.91 Å². The van der Waals surface area contributed by atoms with Crippen molar-refractivity contribution in [1.82, 2.24) is 15.0 Å². The second-order valence-corrected chi connectivity index (χ2v) is 5.91. The predicted octanol–water partition coefficient (Wildman–Crippen LogP) is 3.47. The topological polar surface area (TPSA) is 81.6 Å². The minimum atomic E-state index is -4.77. The van der Waals surface area contributed by atoms with Crippen LogP contribution in [0, 0.1) is 0 Å². The van der Waals surface area contributed by atoms with Crippen molar-refractivity contribution < 1.29 is 31.6 Å². The molecule has 140 valence electrons. The summed E-state index contributed by atoms with van der Waals surface area (Å²) < 4.78 is 50.7. The lowest BCUT2D eigenvalue weighted by Crippen LogP contribution is -2.48. The normalized spacial score (nSPS) is 14.9. The number of alkyl halides is 3. The second-order valence-electron chi connectivity index (χ2n) is 5.91. The van der Waals surface area contributed by atoms with Gasteiger partial charge in [0, 0.05) is 18.7 Å². The molecule has 0 aliphatic carbocycles. The molecule has 1 aromatic carbocycles. The van der Waals surface area contributed by atoms with Gasteiger partial charge in [0.15, 0.2) is 5.76 Å². The molecule has 1 fully saturated rings. The number of amides is 1. The van der Waals surface area contributed by atoms with Crippen LogP contribution in [0.1, 0.15) is 22.2 Å². The van der Waals surface area contributed by atoms with Gasteiger partial charge in [-0.15, -0.1) is 13.2 Å². The quantitative estimate of drug-likeness (QED) is 0.691. The van der Waals surface area contributed by atoms with Crippen LogP contribution < -0.4 is 4.74 Å². The van der Waals surface area contributed by atoms with Crippen LogP contribution in [0.15, 0.2) is 51.6 Å². The molecular formula is C17H12F3N3O4. The number of hydrogen-bond donors (Lipinski definition) is 0. The van der Waals surface area contributed by atoms with Gasteiger partial charge in [0.05, 0.1) is 12.2 Å². The lowest BCUT2D eigenvalue weighted by molar-refractivity contribution is -0.274. The van der Waals surface area contributed by atoms with E-state index in [1.807, 2.05) is 0 Å². The van der Waals surface area contributed by atoms with Crippen LogP contribution in [0.5, 0.6) is 5.75 Å². The molecule has 27 heavy (non-hydrogen) atoms. The molecule has 1 aliphatic heterocycles. The number of halogens is 3. The number of hydrogen-bond acceptors (Lipinski definition) is 6. The van der Waals surface area contributed by atoms with Crippen molar-refractivity contribution in [1.29, 1.82) is 0 Å². The zero-order valence-corrected chi connectivity index (χ0v) is 13.6. The van der Waals surface area contributed by atoms with Crippen molar-refractivity contribution in [2.45, 2.75) is 12.3 Å². The van der Waals surface area contributed by atoms with E-state index < -0.39 is 6.36 Å². The van der Waals surface area contributed by atoms with E-state index in [1.165, 1.54) is 18.4 Å². The maximum absolute atomic E-state index is 12.4. The summed E-state index contributed by atoms with van der Waals surface area (Å²) in [5, 5.41) is 3.84. The molecule has 0 N–H and O–H groups in total. The van der Waals surface area contributed by atoms with E-state index in [-0.39, 0.29) is 23.1 Å². The van der Waals surface area contributed by atoms with Crippen LogP contribution in [0.3, 0.4) is 0 Å². The predicted molar refractivity (Wildman–Crippen MR) is 83.8 cm³/mol. The lowest BCUT2D eigenvalue weighted by atomic mass is 9.98.